The quantitative estimate of drug-likeness (QED) is 0.629. The second-order valence-electron chi connectivity index (χ2n) is 2.56. The predicted molar refractivity (Wildman–Crippen MR) is 42.3 cm³/mol. The van der Waals surface area contributed by atoms with Crippen molar-refractivity contribution in [3.63, 3.8) is 0 Å². The maximum atomic E-state index is 4.07. The van der Waals surface area contributed by atoms with Crippen LogP contribution < -0.4 is 0 Å². The van der Waals surface area contributed by atoms with Crippen LogP contribution in [0.5, 0.6) is 0 Å². The first-order chi connectivity index (χ1) is 5.86. The molecule has 0 saturated carbocycles. The van der Waals surface area contributed by atoms with Gasteiger partial charge < -0.3 is 4.57 Å². The first kappa shape index (κ1) is 7.02. The monoisotopic (exact) mass is 163 g/mol. The normalized spacial score (nSPS) is 10.4. The van der Waals surface area contributed by atoms with Gasteiger partial charge >= 0.3 is 0 Å². The van der Waals surface area contributed by atoms with Crippen LogP contribution in [0.25, 0.3) is 0 Å². The van der Waals surface area contributed by atoms with Gasteiger partial charge in [0.25, 0.3) is 0 Å². The summed E-state index contributed by atoms with van der Waals surface area (Å²) in [4.78, 5) is 0. The topological polar surface area (TPSA) is 48.5 Å². The number of hydrogen-bond acceptors (Lipinski definition) is 3. The van der Waals surface area contributed by atoms with Crippen molar-refractivity contribution in [2.24, 2.45) is 7.05 Å². The highest BCUT2D eigenvalue weighted by molar-refractivity contribution is 4.87. The molecular weight excluding hydrogens is 154 g/mol. The third-order valence-electron chi connectivity index (χ3n) is 1.67. The Morgan fingerprint density at radius 2 is 2.42 bits per heavy atom. The molecular formula is C7H9N5. The van der Waals surface area contributed by atoms with Crippen LogP contribution in [-0.2, 0) is 13.6 Å². The molecule has 5 heteroatoms. The van der Waals surface area contributed by atoms with E-state index in [1.165, 1.54) is 0 Å². The first-order valence-corrected chi connectivity index (χ1v) is 3.66. The van der Waals surface area contributed by atoms with Crippen molar-refractivity contribution in [2.45, 2.75) is 6.54 Å². The molecule has 0 spiro atoms. The first-order valence-electron chi connectivity index (χ1n) is 3.66. The molecule has 2 heterocycles. The fourth-order valence-corrected chi connectivity index (χ4v) is 0.989. The van der Waals surface area contributed by atoms with E-state index < -0.39 is 0 Å². The Labute approximate surface area is 69.7 Å². The van der Waals surface area contributed by atoms with Crippen LogP contribution in [-0.4, -0.2) is 24.5 Å². The fraction of sp³-hybridized carbons (Fsp3) is 0.286. The van der Waals surface area contributed by atoms with E-state index in [9.17, 15) is 0 Å². The number of rotatable bonds is 2. The smallest absolute Gasteiger partial charge is 0.154 e. The van der Waals surface area contributed by atoms with E-state index in [4.69, 9.17) is 0 Å². The minimum Gasteiger partial charge on any atom is -0.319 e. The Bertz CT molecular complexity index is 348. The van der Waals surface area contributed by atoms with E-state index in [-0.39, 0.29) is 0 Å². The summed E-state index contributed by atoms with van der Waals surface area (Å²) in [7, 11) is 1.92. The Morgan fingerprint density at radius 3 is 3.00 bits per heavy atom. The van der Waals surface area contributed by atoms with Gasteiger partial charge in [0.2, 0.25) is 0 Å². The minimum atomic E-state index is 0.670. The van der Waals surface area contributed by atoms with Crippen LogP contribution in [0.1, 0.15) is 5.82 Å². The highest BCUT2D eigenvalue weighted by Crippen LogP contribution is 1.94. The molecule has 0 aromatic carbocycles. The molecule has 0 unspecified atom stereocenters. The van der Waals surface area contributed by atoms with Gasteiger partial charge in [-0.1, -0.05) is 0 Å². The van der Waals surface area contributed by atoms with E-state index in [0.717, 1.165) is 5.82 Å². The van der Waals surface area contributed by atoms with Crippen LogP contribution in [0.2, 0.25) is 0 Å². The lowest BCUT2D eigenvalue weighted by atomic mass is 10.6. The molecule has 2 aromatic heterocycles. The van der Waals surface area contributed by atoms with Crippen LogP contribution in [0.15, 0.2) is 24.8 Å². The van der Waals surface area contributed by atoms with Gasteiger partial charge in [-0.2, -0.15) is 5.10 Å². The number of aryl methyl sites for hydroxylation is 1. The molecule has 2 rings (SSSR count). The largest absolute Gasteiger partial charge is 0.319 e. The Hall–Kier alpha value is -1.65. The zero-order valence-corrected chi connectivity index (χ0v) is 6.75. The van der Waals surface area contributed by atoms with Gasteiger partial charge in [-0.05, 0) is 6.07 Å². The Balaban J connectivity index is 2.20. The van der Waals surface area contributed by atoms with Gasteiger partial charge in [0.1, 0.15) is 12.9 Å². The van der Waals surface area contributed by atoms with Crippen LogP contribution in [0, 0.1) is 0 Å². The molecule has 0 bridgehead atoms. The molecule has 0 radical (unpaired) electrons. The maximum Gasteiger partial charge on any atom is 0.154 e. The van der Waals surface area contributed by atoms with Gasteiger partial charge in [0, 0.05) is 19.4 Å². The van der Waals surface area contributed by atoms with Crippen molar-refractivity contribution in [1.29, 1.82) is 0 Å². The molecule has 0 atom stereocenters. The van der Waals surface area contributed by atoms with Crippen molar-refractivity contribution in [1.82, 2.24) is 24.5 Å². The number of hydrogen-bond donors (Lipinski definition) is 0. The summed E-state index contributed by atoms with van der Waals surface area (Å²) in [6.07, 6.45) is 5.32. The third kappa shape index (κ3) is 1.20. The van der Waals surface area contributed by atoms with E-state index in [0.29, 0.717) is 6.54 Å². The fourth-order valence-electron chi connectivity index (χ4n) is 0.989. The summed E-state index contributed by atoms with van der Waals surface area (Å²) in [5.74, 6) is 0.902. The molecule has 2 aromatic rings. The molecule has 0 fully saturated rings. The molecule has 0 aliphatic rings. The van der Waals surface area contributed by atoms with Crippen molar-refractivity contribution in [2.75, 3.05) is 0 Å². The average Bonchev–Trinajstić information content (AvgIpc) is 2.65. The molecule has 12 heavy (non-hydrogen) atoms. The van der Waals surface area contributed by atoms with Crippen LogP contribution >= 0.6 is 0 Å². The molecule has 0 amide bonds. The van der Waals surface area contributed by atoms with Crippen molar-refractivity contribution >= 4 is 0 Å². The van der Waals surface area contributed by atoms with Gasteiger partial charge in [-0.25, -0.2) is 0 Å². The lowest BCUT2D eigenvalue weighted by Crippen LogP contribution is -2.05. The summed E-state index contributed by atoms with van der Waals surface area (Å²) < 4.78 is 3.69. The van der Waals surface area contributed by atoms with E-state index in [1.54, 1.807) is 12.5 Å². The molecule has 5 nitrogen and oxygen atoms in total. The van der Waals surface area contributed by atoms with Crippen LogP contribution in [0.3, 0.4) is 0 Å². The molecule has 0 aliphatic carbocycles. The molecule has 0 saturated heterocycles. The SMILES string of the molecule is Cn1cnnc1Cn1cccn1. The summed E-state index contributed by atoms with van der Waals surface area (Å²) in [5.41, 5.74) is 0. The second kappa shape index (κ2) is 2.77. The summed E-state index contributed by atoms with van der Waals surface area (Å²) in [6.45, 7) is 0.670. The van der Waals surface area contributed by atoms with Crippen molar-refractivity contribution in [3.8, 4) is 0 Å². The minimum absolute atomic E-state index is 0.670. The van der Waals surface area contributed by atoms with Crippen molar-refractivity contribution in [3.05, 3.63) is 30.6 Å². The van der Waals surface area contributed by atoms with E-state index >= 15 is 0 Å². The van der Waals surface area contributed by atoms with Gasteiger partial charge in [-0.15, -0.1) is 10.2 Å². The molecule has 62 valence electrons. The van der Waals surface area contributed by atoms with Crippen LogP contribution in [0.4, 0.5) is 0 Å². The molecule has 0 N–H and O–H groups in total. The lowest BCUT2D eigenvalue weighted by Gasteiger charge is -1.99. The summed E-state index contributed by atoms with van der Waals surface area (Å²) >= 11 is 0. The Morgan fingerprint density at radius 1 is 1.50 bits per heavy atom. The Kier molecular flexibility index (Phi) is 1.62. The van der Waals surface area contributed by atoms with Gasteiger partial charge in [0.15, 0.2) is 5.82 Å². The summed E-state index contributed by atoms with van der Waals surface area (Å²) in [6, 6.07) is 1.89. The van der Waals surface area contributed by atoms with E-state index in [2.05, 4.69) is 15.3 Å². The third-order valence-corrected chi connectivity index (χ3v) is 1.67. The highest BCUT2D eigenvalue weighted by Gasteiger charge is 2.00. The highest BCUT2D eigenvalue weighted by atomic mass is 15.3. The van der Waals surface area contributed by atoms with Gasteiger partial charge in [-0.3, -0.25) is 4.68 Å². The average molecular weight is 163 g/mol. The zero-order chi connectivity index (χ0) is 8.39. The number of nitrogens with zero attached hydrogens (tertiary/aromatic N) is 5. The predicted octanol–water partition coefficient (Wildman–Crippen LogP) is 0.0599. The van der Waals surface area contributed by atoms with E-state index in [1.807, 2.05) is 28.6 Å². The standard InChI is InChI=1S/C7H9N5/c1-11-6-8-10-7(11)5-12-4-2-3-9-12/h2-4,6H,5H2,1H3. The number of aromatic nitrogens is 5. The second-order valence-corrected chi connectivity index (χ2v) is 2.56. The van der Waals surface area contributed by atoms with Crippen molar-refractivity contribution < 1.29 is 0 Å². The zero-order valence-electron chi connectivity index (χ0n) is 6.75. The molecule has 0 aliphatic heterocycles. The van der Waals surface area contributed by atoms with Gasteiger partial charge in [0.05, 0.1) is 0 Å². The summed E-state index contributed by atoms with van der Waals surface area (Å²) in [5, 5.41) is 11.8. The lowest BCUT2D eigenvalue weighted by molar-refractivity contribution is 0.630. The maximum absolute atomic E-state index is 4.07.